The van der Waals surface area contributed by atoms with Gasteiger partial charge in [-0.2, -0.15) is 0 Å². The summed E-state index contributed by atoms with van der Waals surface area (Å²) < 4.78 is 10.4. The summed E-state index contributed by atoms with van der Waals surface area (Å²) in [5, 5.41) is 0. The lowest BCUT2D eigenvalue weighted by atomic mass is 9.77. The molecular formula is C13H27NO2. The van der Waals surface area contributed by atoms with Crippen LogP contribution in [-0.2, 0) is 9.47 Å². The maximum absolute atomic E-state index is 6.14. The van der Waals surface area contributed by atoms with Gasteiger partial charge in [-0.15, -0.1) is 0 Å². The van der Waals surface area contributed by atoms with Crippen LogP contribution < -0.4 is 5.73 Å². The highest BCUT2D eigenvalue weighted by atomic mass is 16.5. The monoisotopic (exact) mass is 229 g/mol. The van der Waals surface area contributed by atoms with E-state index in [0.29, 0.717) is 19.3 Å². The van der Waals surface area contributed by atoms with Gasteiger partial charge in [0.1, 0.15) is 0 Å². The quantitative estimate of drug-likeness (QED) is 0.681. The van der Waals surface area contributed by atoms with E-state index >= 15 is 0 Å². The molecule has 1 aliphatic rings. The lowest BCUT2D eigenvalue weighted by Crippen LogP contribution is -2.35. The zero-order valence-electron chi connectivity index (χ0n) is 10.8. The van der Waals surface area contributed by atoms with Gasteiger partial charge in [0.25, 0.3) is 0 Å². The Balaban J connectivity index is 2.02. The molecule has 1 aliphatic carbocycles. The number of rotatable bonds is 7. The third-order valence-electron chi connectivity index (χ3n) is 3.60. The molecule has 0 aromatic carbocycles. The first-order valence-corrected chi connectivity index (χ1v) is 6.56. The Hall–Kier alpha value is -0.120. The molecule has 0 amide bonds. The van der Waals surface area contributed by atoms with Crippen LogP contribution in [-0.4, -0.2) is 33.0 Å². The van der Waals surface area contributed by atoms with E-state index in [-0.39, 0.29) is 0 Å². The first-order chi connectivity index (χ1) is 7.74. The fourth-order valence-electron chi connectivity index (χ4n) is 2.55. The Morgan fingerprint density at radius 3 is 2.75 bits per heavy atom. The van der Waals surface area contributed by atoms with Crippen molar-refractivity contribution in [1.29, 1.82) is 0 Å². The van der Waals surface area contributed by atoms with Gasteiger partial charge in [-0.1, -0.05) is 6.92 Å². The fourth-order valence-corrected chi connectivity index (χ4v) is 2.55. The minimum absolute atomic E-state index is 0.426. The second-order valence-corrected chi connectivity index (χ2v) is 5.09. The van der Waals surface area contributed by atoms with Crippen molar-refractivity contribution in [3.05, 3.63) is 0 Å². The fraction of sp³-hybridized carbons (Fsp3) is 1.00. The lowest BCUT2D eigenvalue weighted by molar-refractivity contribution is 0.0652. The third kappa shape index (κ3) is 5.28. The number of hydrogen-bond acceptors (Lipinski definition) is 3. The van der Waals surface area contributed by atoms with Gasteiger partial charge in [0.05, 0.1) is 13.2 Å². The zero-order valence-corrected chi connectivity index (χ0v) is 10.8. The van der Waals surface area contributed by atoms with E-state index in [1.54, 1.807) is 7.11 Å². The van der Waals surface area contributed by atoms with E-state index in [2.05, 4.69) is 6.92 Å². The third-order valence-corrected chi connectivity index (χ3v) is 3.60. The lowest BCUT2D eigenvalue weighted by Gasteiger charge is -2.32. The van der Waals surface area contributed by atoms with E-state index in [4.69, 9.17) is 15.2 Å². The average molecular weight is 229 g/mol. The van der Waals surface area contributed by atoms with Crippen LogP contribution in [0.4, 0.5) is 0 Å². The molecule has 0 saturated heterocycles. The van der Waals surface area contributed by atoms with E-state index in [0.717, 1.165) is 24.9 Å². The summed E-state index contributed by atoms with van der Waals surface area (Å²) in [4.78, 5) is 0. The van der Waals surface area contributed by atoms with Crippen LogP contribution in [0, 0.1) is 11.8 Å². The van der Waals surface area contributed by atoms with E-state index < -0.39 is 0 Å². The summed E-state index contributed by atoms with van der Waals surface area (Å²) in [5.74, 6) is 1.58. The summed E-state index contributed by atoms with van der Waals surface area (Å²) in [6.45, 7) is 4.60. The Morgan fingerprint density at radius 1 is 1.19 bits per heavy atom. The molecule has 0 aromatic heterocycles. The topological polar surface area (TPSA) is 44.5 Å². The molecule has 3 unspecified atom stereocenters. The minimum atomic E-state index is 0.426. The summed E-state index contributed by atoms with van der Waals surface area (Å²) in [7, 11) is 1.70. The van der Waals surface area contributed by atoms with Gasteiger partial charge in [-0.3, -0.25) is 0 Å². The molecule has 1 rings (SSSR count). The van der Waals surface area contributed by atoms with Crippen LogP contribution in [0.25, 0.3) is 0 Å². The molecular weight excluding hydrogens is 202 g/mol. The SMILES string of the molecule is COCCOCCCC1CC(C)CCC1N. The van der Waals surface area contributed by atoms with Crippen LogP contribution >= 0.6 is 0 Å². The standard InChI is InChI=1S/C13H27NO2/c1-11-5-6-13(14)12(10-11)4-3-7-16-9-8-15-2/h11-13H,3-10,14H2,1-2H3. The zero-order chi connectivity index (χ0) is 11.8. The van der Waals surface area contributed by atoms with Crippen molar-refractivity contribution in [3.63, 3.8) is 0 Å². The molecule has 1 fully saturated rings. The van der Waals surface area contributed by atoms with Crippen molar-refractivity contribution in [2.24, 2.45) is 17.6 Å². The van der Waals surface area contributed by atoms with Crippen LogP contribution in [0.2, 0.25) is 0 Å². The molecule has 16 heavy (non-hydrogen) atoms. The van der Waals surface area contributed by atoms with E-state index in [1.807, 2.05) is 0 Å². The molecule has 1 saturated carbocycles. The summed E-state index contributed by atoms with van der Waals surface area (Å²) in [6, 6.07) is 0.426. The minimum Gasteiger partial charge on any atom is -0.382 e. The Kier molecular flexibility index (Phi) is 7.01. The Morgan fingerprint density at radius 2 is 2.00 bits per heavy atom. The van der Waals surface area contributed by atoms with E-state index in [9.17, 15) is 0 Å². The number of methoxy groups -OCH3 is 1. The van der Waals surface area contributed by atoms with Gasteiger partial charge >= 0.3 is 0 Å². The van der Waals surface area contributed by atoms with Crippen molar-refractivity contribution in [3.8, 4) is 0 Å². The predicted molar refractivity (Wildman–Crippen MR) is 66.4 cm³/mol. The van der Waals surface area contributed by atoms with E-state index in [1.165, 1.54) is 25.7 Å². The summed E-state index contributed by atoms with van der Waals surface area (Å²) in [5.41, 5.74) is 6.14. The molecule has 3 heteroatoms. The summed E-state index contributed by atoms with van der Waals surface area (Å²) in [6.07, 6.45) is 6.17. The summed E-state index contributed by atoms with van der Waals surface area (Å²) >= 11 is 0. The van der Waals surface area contributed by atoms with Gasteiger partial charge in [0, 0.05) is 19.8 Å². The number of hydrogen-bond donors (Lipinski definition) is 1. The van der Waals surface area contributed by atoms with Crippen LogP contribution in [0.15, 0.2) is 0 Å². The second-order valence-electron chi connectivity index (χ2n) is 5.09. The Labute approximate surface area is 99.7 Å². The number of ether oxygens (including phenoxy) is 2. The van der Waals surface area contributed by atoms with Gasteiger partial charge in [0.15, 0.2) is 0 Å². The molecule has 0 bridgehead atoms. The van der Waals surface area contributed by atoms with Crippen molar-refractivity contribution in [2.75, 3.05) is 26.9 Å². The van der Waals surface area contributed by atoms with Crippen LogP contribution in [0.1, 0.15) is 39.0 Å². The molecule has 0 radical (unpaired) electrons. The molecule has 0 spiro atoms. The predicted octanol–water partition coefficient (Wildman–Crippen LogP) is 2.19. The highest BCUT2D eigenvalue weighted by Crippen LogP contribution is 2.30. The highest BCUT2D eigenvalue weighted by molar-refractivity contribution is 4.80. The molecule has 2 N–H and O–H groups in total. The second kappa shape index (κ2) is 8.04. The first kappa shape index (κ1) is 13.9. The van der Waals surface area contributed by atoms with Crippen molar-refractivity contribution in [1.82, 2.24) is 0 Å². The Bertz CT molecular complexity index is 175. The van der Waals surface area contributed by atoms with Gasteiger partial charge in [-0.25, -0.2) is 0 Å². The maximum atomic E-state index is 6.14. The molecule has 3 atom stereocenters. The molecule has 3 nitrogen and oxygen atoms in total. The smallest absolute Gasteiger partial charge is 0.0700 e. The van der Waals surface area contributed by atoms with Crippen LogP contribution in [0.3, 0.4) is 0 Å². The van der Waals surface area contributed by atoms with Crippen molar-refractivity contribution >= 4 is 0 Å². The van der Waals surface area contributed by atoms with Crippen molar-refractivity contribution in [2.45, 2.75) is 45.1 Å². The number of nitrogens with two attached hydrogens (primary N) is 1. The normalized spacial score (nSPS) is 30.6. The first-order valence-electron chi connectivity index (χ1n) is 6.56. The van der Waals surface area contributed by atoms with Crippen LogP contribution in [0.5, 0.6) is 0 Å². The molecule has 0 aliphatic heterocycles. The van der Waals surface area contributed by atoms with Gasteiger partial charge in [-0.05, 0) is 43.9 Å². The molecule has 0 heterocycles. The highest BCUT2D eigenvalue weighted by Gasteiger charge is 2.25. The van der Waals surface area contributed by atoms with Gasteiger partial charge in [0.2, 0.25) is 0 Å². The maximum Gasteiger partial charge on any atom is 0.0700 e. The van der Waals surface area contributed by atoms with Gasteiger partial charge < -0.3 is 15.2 Å². The largest absolute Gasteiger partial charge is 0.382 e. The van der Waals surface area contributed by atoms with Crippen molar-refractivity contribution < 1.29 is 9.47 Å². The average Bonchev–Trinajstić information content (AvgIpc) is 2.28. The molecule has 0 aromatic rings. The molecule has 96 valence electrons.